The molecule has 1 unspecified atom stereocenters. The molecule has 13 heteroatoms. The van der Waals surface area contributed by atoms with Crippen molar-refractivity contribution in [3.8, 4) is 0 Å². The molecule has 0 radical (unpaired) electrons. The molecule has 0 spiro atoms. The van der Waals surface area contributed by atoms with Crippen molar-refractivity contribution in [2.45, 2.75) is 19.0 Å². The molecule has 3 amide bonds. The third kappa shape index (κ3) is 3.20. The number of ketones is 1. The second-order valence-corrected chi connectivity index (χ2v) is 6.58. The van der Waals surface area contributed by atoms with E-state index in [1.165, 1.54) is 12.3 Å². The van der Waals surface area contributed by atoms with Gasteiger partial charge in [-0.1, -0.05) is 0 Å². The van der Waals surface area contributed by atoms with Gasteiger partial charge in [-0.25, -0.2) is 9.29 Å². The summed E-state index contributed by atoms with van der Waals surface area (Å²) in [6.45, 7) is 1.28. The zero-order valence-electron chi connectivity index (χ0n) is 11.4. The number of Topliss-reactive ketones (excluding diaryl/α,β-unsaturated/α-hetero) is 1. The monoisotopic (exact) mass is 362 g/mol. The Labute approximate surface area is 133 Å². The molecule has 2 rings (SSSR count). The van der Waals surface area contributed by atoms with Crippen molar-refractivity contribution in [2.75, 3.05) is 5.32 Å². The Bertz CT molecular complexity index is 787. The number of rotatable bonds is 6. The van der Waals surface area contributed by atoms with E-state index < -0.39 is 40.0 Å². The molecule has 11 nitrogen and oxygen atoms in total. The molecule has 23 heavy (non-hydrogen) atoms. The zero-order valence-corrected chi connectivity index (χ0v) is 13.1. The SMILES string of the molecule is C[C@H]1C(NC(=O)C(=O)c2csc(NC=O)n2)C(=O)N1S(=O)(=O)O. The molecular formula is C10H10N4O7S2. The smallest absolute Gasteiger partial charge is 0.335 e. The maximum absolute atomic E-state index is 11.9. The standard InChI is InChI=1S/C10H10N4O7S2/c1-4-6(9(18)14(4)23(19,20)21)13-8(17)7(16)5-2-22-10(12-5)11-3-15/h2-4,6H,1H3,(H,13,17)(H,11,12,15)(H,19,20,21)/t4-,6?/m0/s1. The third-order valence-electron chi connectivity index (χ3n) is 3.00. The summed E-state index contributed by atoms with van der Waals surface area (Å²) in [6.07, 6.45) is 0.353. The van der Waals surface area contributed by atoms with E-state index in [4.69, 9.17) is 4.55 Å². The second-order valence-electron chi connectivity index (χ2n) is 4.43. The number of thiazole rings is 1. The van der Waals surface area contributed by atoms with E-state index >= 15 is 0 Å². The van der Waals surface area contributed by atoms with Crippen LogP contribution in [0.5, 0.6) is 0 Å². The Kier molecular flexibility index (Phi) is 4.44. The van der Waals surface area contributed by atoms with Crippen molar-refractivity contribution in [1.29, 1.82) is 0 Å². The Morgan fingerprint density at radius 1 is 1.48 bits per heavy atom. The lowest BCUT2D eigenvalue weighted by Gasteiger charge is -2.41. The van der Waals surface area contributed by atoms with E-state index in [2.05, 4.69) is 15.6 Å². The van der Waals surface area contributed by atoms with E-state index in [1.807, 2.05) is 0 Å². The highest BCUT2D eigenvalue weighted by Crippen LogP contribution is 2.23. The van der Waals surface area contributed by atoms with Crippen LogP contribution in [-0.2, 0) is 24.7 Å². The predicted molar refractivity (Wildman–Crippen MR) is 75.9 cm³/mol. The van der Waals surface area contributed by atoms with Crippen LogP contribution in [0.4, 0.5) is 5.13 Å². The molecule has 1 saturated heterocycles. The molecular weight excluding hydrogens is 352 g/mol. The molecule has 0 aromatic carbocycles. The van der Waals surface area contributed by atoms with Crippen LogP contribution in [0, 0.1) is 0 Å². The average Bonchev–Trinajstić information content (AvgIpc) is 2.91. The van der Waals surface area contributed by atoms with E-state index in [-0.39, 0.29) is 15.1 Å². The van der Waals surface area contributed by atoms with E-state index in [0.29, 0.717) is 6.41 Å². The highest BCUT2D eigenvalue weighted by atomic mass is 32.2. The number of hydrogen-bond acceptors (Lipinski definition) is 8. The minimum Gasteiger partial charge on any atom is -0.335 e. The molecule has 0 bridgehead atoms. The van der Waals surface area contributed by atoms with Gasteiger partial charge in [0.05, 0.1) is 6.04 Å². The normalized spacial score (nSPS) is 20.6. The molecule has 1 aromatic rings. The quantitative estimate of drug-likeness (QED) is 0.179. The highest BCUT2D eigenvalue weighted by molar-refractivity contribution is 7.84. The van der Waals surface area contributed by atoms with Crippen LogP contribution < -0.4 is 10.6 Å². The fourth-order valence-corrected chi connectivity index (χ4v) is 3.45. The zero-order chi connectivity index (χ0) is 17.4. The summed E-state index contributed by atoms with van der Waals surface area (Å²) in [5, 5.41) is 5.64. The van der Waals surface area contributed by atoms with Crippen molar-refractivity contribution < 1.29 is 32.1 Å². The predicted octanol–water partition coefficient (Wildman–Crippen LogP) is -1.59. The molecule has 3 N–H and O–H groups in total. The minimum atomic E-state index is -4.71. The number of hydrogen-bond donors (Lipinski definition) is 3. The summed E-state index contributed by atoms with van der Waals surface area (Å²) in [4.78, 5) is 49.2. The number of nitrogens with one attached hydrogen (secondary N) is 2. The summed E-state index contributed by atoms with van der Waals surface area (Å²) in [6, 6.07) is -2.28. The van der Waals surface area contributed by atoms with Gasteiger partial charge in [-0.3, -0.25) is 23.7 Å². The molecule has 0 aliphatic carbocycles. The first-order valence-electron chi connectivity index (χ1n) is 5.98. The third-order valence-corrected chi connectivity index (χ3v) is 4.78. The van der Waals surface area contributed by atoms with Crippen LogP contribution in [-0.4, -0.2) is 58.4 Å². The molecule has 0 saturated carbocycles. The number of amides is 3. The topological polar surface area (TPSA) is 163 Å². The number of nitrogens with zero attached hydrogens (tertiary/aromatic N) is 2. The summed E-state index contributed by atoms with van der Waals surface area (Å²) < 4.78 is 30.9. The molecule has 1 aliphatic heterocycles. The number of carbonyl (C=O) groups is 4. The van der Waals surface area contributed by atoms with Gasteiger partial charge in [-0.15, -0.1) is 11.3 Å². The van der Waals surface area contributed by atoms with Gasteiger partial charge in [0.2, 0.25) is 6.41 Å². The van der Waals surface area contributed by atoms with Crippen molar-refractivity contribution in [3.05, 3.63) is 11.1 Å². The highest BCUT2D eigenvalue weighted by Gasteiger charge is 2.51. The number of aromatic nitrogens is 1. The van der Waals surface area contributed by atoms with Gasteiger partial charge < -0.3 is 10.6 Å². The summed E-state index contributed by atoms with van der Waals surface area (Å²) in [7, 11) is -4.71. The molecule has 2 heterocycles. The fraction of sp³-hybridized carbons (Fsp3) is 0.300. The second kappa shape index (κ2) is 6.02. The Morgan fingerprint density at radius 2 is 2.13 bits per heavy atom. The van der Waals surface area contributed by atoms with Gasteiger partial charge in [-0.2, -0.15) is 8.42 Å². The summed E-state index contributed by atoms with van der Waals surface area (Å²) >= 11 is 0.921. The van der Waals surface area contributed by atoms with Gasteiger partial charge in [0, 0.05) is 5.38 Å². The molecule has 1 aromatic heterocycles. The van der Waals surface area contributed by atoms with Crippen molar-refractivity contribution >= 4 is 50.8 Å². The van der Waals surface area contributed by atoms with Crippen LogP contribution in [0.25, 0.3) is 0 Å². The van der Waals surface area contributed by atoms with Crippen LogP contribution in [0.1, 0.15) is 17.4 Å². The minimum absolute atomic E-state index is 0.113. The maximum atomic E-state index is 11.9. The van der Waals surface area contributed by atoms with Gasteiger partial charge >= 0.3 is 10.3 Å². The van der Waals surface area contributed by atoms with Gasteiger partial charge in [0.15, 0.2) is 5.13 Å². The first kappa shape index (κ1) is 17.0. The largest absolute Gasteiger partial charge is 0.362 e. The van der Waals surface area contributed by atoms with E-state index in [1.54, 1.807) is 0 Å². The van der Waals surface area contributed by atoms with Crippen LogP contribution >= 0.6 is 11.3 Å². The Morgan fingerprint density at radius 3 is 2.65 bits per heavy atom. The molecule has 1 aliphatic rings. The van der Waals surface area contributed by atoms with Crippen molar-refractivity contribution in [2.24, 2.45) is 0 Å². The summed E-state index contributed by atoms with van der Waals surface area (Å²) in [5.41, 5.74) is -0.233. The lowest BCUT2D eigenvalue weighted by molar-refractivity contribution is -0.144. The first-order valence-corrected chi connectivity index (χ1v) is 8.26. The average molecular weight is 362 g/mol. The molecule has 2 atom stereocenters. The summed E-state index contributed by atoms with van der Waals surface area (Å²) in [5.74, 6) is -3.26. The number of carbonyl (C=O) groups excluding carboxylic acids is 4. The Balaban J connectivity index is 2.03. The van der Waals surface area contributed by atoms with E-state index in [0.717, 1.165) is 11.3 Å². The number of anilines is 1. The molecule has 1 fully saturated rings. The maximum Gasteiger partial charge on any atom is 0.362 e. The van der Waals surface area contributed by atoms with Crippen molar-refractivity contribution in [3.63, 3.8) is 0 Å². The van der Waals surface area contributed by atoms with Crippen LogP contribution in [0.3, 0.4) is 0 Å². The number of β-lactam (4-membered cyclic amide) rings is 1. The first-order chi connectivity index (χ1) is 10.7. The van der Waals surface area contributed by atoms with Gasteiger partial charge in [0.1, 0.15) is 11.7 Å². The van der Waals surface area contributed by atoms with Gasteiger partial charge in [-0.05, 0) is 6.92 Å². The van der Waals surface area contributed by atoms with Crippen LogP contribution in [0.15, 0.2) is 5.38 Å². The fourth-order valence-electron chi connectivity index (χ4n) is 1.92. The van der Waals surface area contributed by atoms with Gasteiger partial charge in [0.25, 0.3) is 17.6 Å². The molecule has 124 valence electrons. The lowest BCUT2D eigenvalue weighted by Crippen LogP contribution is -2.71. The van der Waals surface area contributed by atoms with E-state index in [9.17, 15) is 27.6 Å². The Hall–Kier alpha value is -2.38. The van der Waals surface area contributed by atoms with Crippen LogP contribution in [0.2, 0.25) is 0 Å². The lowest BCUT2D eigenvalue weighted by atomic mass is 10.0. The van der Waals surface area contributed by atoms with Crippen molar-refractivity contribution in [1.82, 2.24) is 14.6 Å².